The third-order valence-electron chi connectivity index (χ3n) is 2.17. The molecule has 0 bridgehead atoms. The SMILES string of the molecule is COc1ccc(F)c(NCC(=O)NCCC#N)c1. The number of methoxy groups -OCH3 is 1. The van der Waals surface area contributed by atoms with Crippen molar-refractivity contribution in [1.82, 2.24) is 5.32 Å². The Morgan fingerprint density at radius 3 is 3.00 bits per heavy atom. The van der Waals surface area contributed by atoms with Crippen LogP contribution in [0.15, 0.2) is 18.2 Å². The molecule has 0 radical (unpaired) electrons. The molecule has 0 aliphatic carbocycles. The third-order valence-corrected chi connectivity index (χ3v) is 2.17. The molecule has 5 nitrogen and oxygen atoms in total. The Morgan fingerprint density at radius 1 is 1.56 bits per heavy atom. The molecular formula is C12H14FN3O2. The van der Waals surface area contributed by atoms with E-state index in [9.17, 15) is 9.18 Å². The monoisotopic (exact) mass is 251 g/mol. The maximum Gasteiger partial charge on any atom is 0.239 e. The van der Waals surface area contributed by atoms with Crippen molar-refractivity contribution in [3.63, 3.8) is 0 Å². The van der Waals surface area contributed by atoms with Crippen LogP contribution >= 0.6 is 0 Å². The van der Waals surface area contributed by atoms with E-state index in [1.54, 1.807) is 0 Å². The van der Waals surface area contributed by atoms with Crippen LogP contribution in [0.5, 0.6) is 5.75 Å². The van der Waals surface area contributed by atoms with Crippen molar-refractivity contribution < 1.29 is 13.9 Å². The summed E-state index contributed by atoms with van der Waals surface area (Å²) in [5.74, 6) is -0.253. The Morgan fingerprint density at radius 2 is 2.33 bits per heavy atom. The van der Waals surface area contributed by atoms with Gasteiger partial charge in [0.2, 0.25) is 5.91 Å². The van der Waals surface area contributed by atoms with E-state index in [-0.39, 0.29) is 31.1 Å². The lowest BCUT2D eigenvalue weighted by Gasteiger charge is -2.09. The molecule has 0 saturated carbocycles. The molecule has 1 aromatic rings. The molecule has 0 aromatic heterocycles. The maximum atomic E-state index is 13.4. The van der Waals surface area contributed by atoms with Gasteiger partial charge in [0.1, 0.15) is 11.6 Å². The highest BCUT2D eigenvalue weighted by Crippen LogP contribution is 2.20. The van der Waals surface area contributed by atoms with Gasteiger partial charge in [-0.2, -0.15) is 5.26 Å². The van der Waals surface area contributed by atoms with Crippen molar-refractivity contribution in [3.8, 4) is 11.8 Å². The largest absolute Gasteiger partial charge is 0.497 e. The highest BCUT2D eigenvalue weighted by molar-refractivity contribution is 5.80. The van der Waals surface area contributed by atoms with Gasteiger partial charge in [-0.25, -0.2) is 4.39 Å². The topological polar surface area (TPSA) is 74.2 Å². The van der Waals surface area contributed by atoms with Crippen LogP contribution in [0.4, 0.5) is 10.1 Å². The Hall–Kier alpha value is -2.29. The second-order valence-corrected chi connectivity index (χ2v) is 3.46. The first kappa shape index (κ1) is 13.8. The lowest BCUT2D eigenvalue weighted by molar-refractivity contribution is -0.119. The number of carbonyl (C=O) groups is 1. The van der Waals surface area contributed by atoms with Crippen molar-refractivity contribution in [3.05, 3.63) is 24.0 Å². The fourth-order valence-electron chi connectivity index (χ4n) is 1.26. The smallest absolute Gasteiger partial charge is 0.239 e. The number of carbonyl (C=O) groups excluding carboxylic acids is 1. The predicted octanol–water partition coefficient (Wildman–Crippen LogP) is 1.28. The Bertz CT molecular complexity index is 457. The number of rotatable bonds is 6. The van der Waals surface area contributed by atoms with Crippen molar-refractivity contribution in [1.29, 1.82) is 5.26 Å². The number of halogens is 1. The molecule has 0 spiro atoms. The first-order chi connectivity index (χ1) is 8.67. The van der Waals surface area contributed by atoms with Gasteiger partial charge in [0.05, 0.1) is 31.8 Å². The lowest BCUT2D eigenvalue weighted by Crippen LogP contribution is -2.30. The van der Waals surface area contributed by atoms with Crippen molar-refractivity contribution >= 4 is 11.6 Å². The normalized spacial score (nSPS) is 9.39. The third kappa shape index (κ3) is 4.29. The van der Waals surface area contributed by atoms with Crippen LogP contribution in [0.25, 0.3) is 0 Å². The molecule has 96 valence electrons. The highest BCUT2D eigenvalue weighted by atomic mass is 19.1. The molecule has 6 heteroatoms. The number of anilines is 1. The summed E-state index contributed by atoms with van der Waals surface area (Å²) in [6, 6.07) is 6.13. The zero-order valence-corrected chi connectivity index (χ0v) is 10.00. The van der Waals surface area contributed by atoms with E-state index in [2.05, 4.69) is 10.6 Å². The van der Waals surface area contributed by atoms with Gasteiger partial charge in [-0.1, -0.05) is 0 Å². The van der Waals surface area contributed by atoms with Crippen LogP contribution in [0.2, 0.25) is 0 Å². The number of hydrogen-bond acceptors (Lipinski definition) is 4. The molecule has 2 N–H and O–H groups in total. The highest BCUT2D eigenvalue weighted by Gasteiger charge is 2.06. The number of benzene rings is 1. The average molecular weight is 251 g/mol. The van der Waals surface area contributed by atoms with E-state index in [4.69, 9.17) is 10.00 Å². The molecule has 0 aliphatic rings. The van der Waals surface area contributed by atoms with Crippen LogP contribution < -0.4 is 15.4 Å². The summed E-state index contributed by atoms with van der Waals surface area (Å²) >= 11 is 0. The summed E-state index contributed by atoms with van der Waals surface area (Å²) in [6.07, 6.45) is 0.249. The number of nitriles is 1. The van der Waals surface area contributed by atoms with Crippen LogP contribution in [-0.2, 0) is 4.79 Å². The first-order valence-electron chi connectivity index (χ1n) is 5.38. The summed E-state index contributed by atoms with van der Waals surface area (Å²) < 4.78 is 18.3. The molecule has 0 aliphatic heterocycles. The summed E-state index contributed by atoms with van der Waals surface area (Å²) in [5.41, 5.74) is 0.199. The minimum atomic E-state index is -0.458. The summed E-state index contributed by atoms with van der Waals surface area (Å²) in [5, 5.41) is 13.5. The first-order valence-corrected chi connectivity index (χ1v) is 5.38. The Balaban J connectivity index is 2.48. The summed E-state index contributed by atoms with van der Waals surface area (Å²) in [4.78, 5) is 11.3. The molecule has 0 atom stereocenters. The number of nitrogens with one attached hydrogen (secondary N) is 2. The van der Waals surface area contributed by atoms with E-state index in [1.165, 1.54) is 25.3 Å². The minimum Gasteiger partial charge on any atom is -0.497 e. The Labute approximate surface area is 105 Å². The fourth-order valence-corrected chi connectivity index (χ4v) is 1.26. The molecule has 0 heterocycles. The standard InChI is InChI=1S/C12H14FN3O2/c1-18-9-3-4-10(13)11(7-9)16-8-12(17)15-6-2-5-14/h3-4,7,16H,2,6,8H2,1H3,(H,15,17). The van der Waals surface area contributed by atoms with E-state index in [0.717, 1.165) is 0 Å². The maximum absolute atomic E-state index is 13.4. The summed E-state index contributed by atoms with van der Waals surface area (Å²) in [7, 11) is 1.48. The van der Waals surface area contributed by atoms with E-state index in [0.29, 0.717) is 5.75 Å². The zero-order chi connectivity index (χ0) is 13.4. The van der Waals surface area contributed by atoms with Crippen molar-refractivity contribution in [2.45, 2.75) is 6.42 Å². The van der Waals surface area contributed by atoms with E-state index < -0.39 is 5.82 Å². The fraction of sp³-hybridized carbons (Fsp3) is 0.333. The molecule has 0 fully saturated rings. The average Bonchev–Trinajstić information content (AvgIpc) is 2.38. The molecule has 0 saturated heterocycles. The molecule has 1 rings (SSSR count). The number of amides is 1. The van der Waals surface area contributed by atoms with Crippen molar-refractivity contribution in [2.24, 2.45) is 0 Å². The van der Waals surface area contributed by atoms with Gasteiger partial charge in [0.15, 0.2) is 0 Å². The van der Waals surface area contributed by atoms with Gasteiger partial charge >= 0.3 is 0 Å². The number of ether oxygens (including phenoxy) is 1. The zero-order valence-electron chi connectivity index (χ0n) is 10.00. The quantitative estimate of drug-likeness (QED) is 0.747. The van der Waals surface area contributed by atoms with Gasteiger partial charge < -0.3 is 15.4 Å². The molecule has 18 heavy (non-hydrogen) atoms. The Kier molecular flexibility index (Phi) is 5.45. The molecule has 0 unspecified atom stereocenters. The van der Waals surface area contributed by atoms with Gasteiger partial charge in [0, 0.05) is 12.6 Å². The van der Waals surface area contributed by atoms with E-state index >= 15 is 0 Å². The van der Waals surface area contributed by atoms with Crippen LogP contribution in [-0.4, -0.2) is 26.1 Å². The van der Waals surface area contributed by atoms with Gasteiger partial charge in [-0.3, -0.25) is 4.79 Å². The van der Waals surface area contributed by atoms with Gasteiger partial charge in [-0.15, -0.1) is 0 Å². The van der Waals surface area contributed by atoms with Crippen LogP contribution in [0.3, 0.4) is 0 Å². The minimum absolute atomic E-state index is 0.0600. The number of nitrogens with zero attached hydrogens (tertiary/aromatic N) is 1. The predicted molar refractivity (Wildman–Crippen MR) is 64.7 cm³/mol. The van der Waals surface area contributed by atoms with Crippen molar-refractivity contribution in [2.75, 3.05) is 25.5 Å². The van der Waals surface area contributed by atoms with E-state index in [1.807, 2.05) is 6.07 Å². The molecular weight excluding hydrogens is 237 g/mol. The van der Waals surface area contributed by atoms with Gasteiger partial charge in [0.25, 0.3) is 0 Å². The molecule has 1 aromatic carbocycles. The second-order valence-electron chi connectivity index (χ2n) is 3.46. The van der Waals surface area contributed by atoms with Crippen LogP contribution in [0.1, 0.15) is 6.42 Å². The lowest BCUT2D eigenvalue weighted by atomic mass is 10.3. The molecule has 1 amide bonds. The summed E-state index contributed by atoms with van der Waals surface area (Å²) in [6.45, 7) is 0.229. The van der Waals surface area contributed by atoms with Gasteiger partial charge in [-0.05, 0) is 12.1 Å². The van der Waals surface area contributed by atoms with Crippen LogP contribution in [0, 0.1) is 17.1 Å². The second kappa shape index (κ2) is 7.12. The number of hydrogen-bond donors (Lipinski definition) is 2.